The number of esters is 1. The maximum absolute atomic E-state index is 12.4. The van der Waals surface area contributed by atoms with Crippen LogP contribution in [0.2, 0.25) is 0 Å². The van der Waals surface area contributed by atoms with Gasteiger partial charge in [-0.15, -0.1) is 0 Å². The van der Waals surface area contributed by atoms with Crippen molar-refractivity contribution in [3.05, 3.63) is 42.1 Å². The number of halogens is 3. The van der Waals surface area contributed by atoms with E-state index in [1.165, 1.54) is 0 Å². The van der Waals surface area contributed by atoms with E-state index < -0.39 is 36.7 Å². The molecule has 0 saturated carbocycles. The highest BCUT2D eigenvalue weighted by Crippen LogP contribution is 2.35. The molecule has 1 saturated heterocycles. The molecule has 0 unspecified atom stereocenters. The molecule has 1 aliphatic rings. The number of para-hydroxylation sites is 1. The number of hydrogen-bond donors (Lipinski definition) is 2. The Bertz CT molecular complexity index is 706. The molecule has 6 nitrogen and oxygen atoms in total. The quantitative estimate of drug-likeness (QED) is 0.556. The summed E-state index contributed by atoms with van der Waals surface area (Å²) in [5.41, 5.74) is 0.415. The van der Waals surface area contributed by atoms with Gasteiger partial charge in [-0.3, -0.25) is 4.79 Å². The van der Waals surface area contributed by atoms with E-state index in [1.807, 2.05) is 6.92 Å². The van der Waals surface area contributed by atoms with Crippen molar-refractivity contribution >= 4 is 12.0 Å². The molecule has 0 aliphatic carbocycles. The molecule has 1 aliphatic heterocycles. The molecule has 2 N–H and O–H groups in total. The fourth-order valence-corrected chi connectivity index (χ4v) is 2.66. The molecule has 0 spiro atoms. The summed E-state index contributed by atoms with van der Waals surface area (Å²) < 4.78 is 47.3. The Morgan fingerprint density at radius 2 is 2.00 bits per heavy atom. The molecule has 0 aromatic heterocycles. The normalized spacial score (nSPS) is 19.9. The van der Waals surface area contributed by atoms with Gasteiger partial charge in [-0.05, 0) is 12.5 Å². The van der Waals surface area contributed by atoms with Crippen LogP contribution >= 0.6 is 0 Å². The summed E-state index contributed by atoms with van der Waals surface area (Å²) >= 11 is 0. The van der Waals surface area contributed by atoms with Crippen molar-refractivity contribution in [1.82, 2.24) is 10.6 Å². The van der Waals surface area contributed by atoms with Crippen LogP contribution < -0.4 is 15.4 Å². The summed E-state index contributed by atoms with van der Waals surface area (Å²) in [4.78, 5) is 24.2. The van der Waals surface area contributed by atoms with E-state index in [0.717, 1.165) is 12.8 Å². The van der Waals surface area contributed by atoms with Gasteiger partial charge in [0.2, 0.25) is 0 Å². The van der Waals surface area contributed by atoms with Crippen LogP contribution in [-0.2, 0) is 9.53 Å². The van der Waals surface area contributed by atoms with Crippen molar-refractivity contribution in [2.24, 2.45) is 5.92 Å². The monoisotopic (exact) mass is 386 g/mol. The van der Waals surface area contributed by atoms with Crippen LogP contribution in [0.5, 0.6) is 5.75 Å². The molecular formula is C18H21F3N2O4. The molecule has 148 valence electrons. The average molecular weight is 386 g/mol. The summed E-state index contributed by atoms with van der Waals surface area (Å²) in [5, 5.41) is 4.86. The maximum atomic E-state index is 12.4. The van der Waals surface area contributed by atoms with Gasteiger partial charge in [0.15, 0.2) is 6.61 Å². The zero-order chi connectivity index (χ0) is 20.0. The summed E-state index contributed by atoms with van der Waals surface area (Å²) in [5.74, 6) is -1.95. The lowest BCUT2D eigenvalue weighted by Gasteiger charge is -2.34. The van der Waals surface area contributed by atoms with Crippen molar-refractivity contribution in [1.29, 1.82) is 0 Å². The van der Waals surface area contributed by atoms with Gasteiger partial charge in [-0.1, -0.05) is 38.1 Å². The minimum atomic E-state index is -4.65. The molecule has 1 aromatic carbocycles. The summed E-state index contributed by atoms with van der Waals surface area (Å²) in [6, 6.07) is 5.11. The second-order valence-electron chi connectivity index (χ2n) is 6.04. The SMILES string of the molecule is C=C1NC(=O)N[C@@H](c2ccccc2OCCCC)[C@@H]1C(=O)OCC(F)(F)F. The molecule has 1 heterocycles. The number of carbonyl (C=O) groups is 2. The third-order valence-electron chi connectivity index (χ3n) is 3.91. The maximum Gasteiger partial charge on any atom is 0.422 e. The highest BCUT2D eigenvalue weighted by molar-refractivity contribution is 5.85. The van der Waals surface area contributed by atoms with Crippen molar-refractivity contribution < 1.29 is 32.2 Å². The Labute approximate surface area is 154 Å². The third-order valence-corrected chi connectivity index (χ3v) is 3.91. The first kappa shape index (κ1) is 20.6. The van der Waals surface area contributed by atoms with Gasteiger partial charge in [0, 0.05) is 11.3 Å². The van der Waals surface area contributed by atoms with Crippen LogP contribution in [0.4, 0.5) is 18.0 Å². The van der Waals surface area contributed by atoms with E-state index in [1.54, 1.807) is 24.3 Å². The third kappa shape index (κ3) is 5.63. The lowest BCUT2D eigenvalue weighted by atomic mass is 9.88. The largest absolute Gasteiger partial charge is 0.493 e. The number of benzene rings is 1. The second-order valence-corrected chi connectivity index (χ2v) is 6.04. The number of carbonyl (C=O) groups excluding carboxylic acids is 2. The standard InChI is InChI=1S/C18H21F3N2O4/c1-3-4-9-26-13-8-6-5-7-12(13)15-14(11(2)22-17(25)23-15)16(24)27-10-18(19,20)21/h5-8,14-15H,2-4,9-10H2,1H3,(H2,22,23,25)/t14-,15+/m1/s1. The smallest absolute Gasteiger partial charge is 0.422 e. The van der Waals surface area contributed by atoms with Gasteiger partial charge in [0.25, 0.3) is 0 Å². The van der Waals surface area contributed by atoms with Gasteiger partial charge in [-0.25, -0.2) is 4.79 Å². The molecule has 2 atom stereocenters. The molecule has 2 amide bonds. The Kier molecular flexibility index (Phi) is 6.70. The fourth-order valence-electron chi connectivity index (χ4n) is 2.66. The number of ether oxygens (including phenoxy) is 2. The number of rotatable bonds is 7. The predicted molar refractivity (Wildman–Crippen MR) is 90.9 cm³/mol. The summed E-state index contributed by atoms with van der Waals surface area (Å²) in [6.07, 6.45) is -2.94. The van der Waals surface area contributed by atoms with Crippen molar-refractivity contribution in [2.75, 3.05) is 13.2 Å². The van der Waals surface area contributed by atoms with E-state index >= 15 is 0 Å². The fraction of sp³-hybridized carbons (Fsp3) is 0.444. The zero-order valence-electron chi connectivity index (χ0n) is 14.8. The van der Waals surface area contributed by atoms with Crippen molar-refractivity contribution in [3.63, 3.8) is 0 Å². The molecule has 2 rings (SSSR count). The number of hydrogen-bond acceptors (Lipinski definition) is 4. The van der Waals surface area contributed by atoms with E-state index in [2.05, 4.69) is 21.9 Å². The minimum absolute atomic E-state index is 0.0423. The molecule has 0 radical (unpaired) electrons. The predicted octanol–water partition coefficient (Wildman–Crippen LogP) is 3.45. The second kappa shape index (κ2) is 8.79. The lowest BCUT2D eigenvalue weighted by molar-refractivity contribution is -0.189. The molecule has 9 heteroatoms. The van der Waals surface area contributed by atoms with Gasteiger partial charge in [0.1, 0.15) is 11.7 Å². The molecule has 1 aromatic rings. The van der Waals surface area contributed by atoms with E-state index in [4.69, 9.17) is 4.74 Å². The number of amides is 2. The van der Waals surface area contributed by atoms with Gasteiger partial charge < -0.3 is 20.1 Å². The highest BCUT2D eigenvalue weighted by atomic mass is 19.4. The van der Waals surface area contributed by atoms with E-state index in [9.17, 15) is 22.8 Å². The van der Waals surface area contributed by atoms with Crippen LogP contribution in [-0.4, -0.2) is 31.4 Å². The van der Waals surface area contributed by atoms with Crippen LogP contribution in [0.3, 0.4) is 0 Å². The average Bonchev–Trinajstić information content (AvgIpc) is 2.59. The van der Waals surface area contributed by atoms with Crippen LogP contribution in [0.15, 0.2) is 36.5 Å². The van der Waals surface area contributed by atoms with Gasteiger partial charge >= 0.3 is 18.2 Å². The number of nitrogens with one attached hydrogen (secondary N) is 2. The van der Waals surface area contributed by atoms with Gasteiger partial charge in [-0.2, -0.15) is 13.2 Å². The highest BCUT2D eigenvalue weighted by Gasteiger charge is 2.41. The zero-order valence-corrected chi connectivity index (χ0v) is 14.8. The number of unbranched alkanes of at least 4 members (excludes halogenated alkanes) is 1. The first-order valence-corrected chi connectivity index (χ1v) is 8.44. The van der Waals surface area contributed by atoms with Crippen molar-refractivity contribution in [2.45, 2.75) is 32.0 Å². The Balaban J connectivity index is 2.29. The number of alkyl halides is 3. The molecule has 1 fully saturated rings. The first-order valence-electron chi connectivity index (χ1n) is 8.44. The Morgan fingerprint density at radius 3 is 2.67 bits per heavy atom. The van der Waals surface area contributed by atoms with Gasteiger partial charge in [0.05, 0.1) is 12.6 Å². The Morgan fingerprint density at radius 1 is 1.30 bits per heavy atom. The van der Waals surface area contributed by atoms with Crippen molar-refractivity contribution in [3.8, 4) is 5.75 Å². The van der Waals surface area contributed by atoms with Crippen LogP contribution in [0.25, 0.3) is 0 Å². The summed E-state index contributed by atoms with van der Waals surface area (Å²) in [6.45, 7) is 4.31. The topological polar surface area (TPSA) is 76.7 Å². The molecule has 0 bridgehead atoms. The molecule has 27 heavy (non-hydrogen) atoms. The first-order chi connectivity index (χ1) is 12.7. The van der Waals surface area contributed by atoms with E-state index in [0.29, 0.717) is 17.9 Å². The summed E-state index contributed by atoms with van der Waals surface area (Å²) in [7, 11) is 0. The Hall–Kier alpha value is -2.71. The minimum Gasteiger partial charge on any atom is -0.493 e. The van der Waals surface area contributed by atoms with Crippen LogP contribution in [0, 0.1) is 5.92 Å². The number of urea groups is 1. The lowest BCUT2D eigenvalue weighted by Crippen LogP contribution is -2.51. The molecular weight excluding hydrogens is 365 g/mol. The van der Waals surface area contributed by atoms with Crippen LogP contribution in [0.1, 0.15) is 31.4 Å². The van der Waals surface area contributed by atoms with E-state index in [-0.39, 0.29) is 5.70 Å².